The number of rotatable bonds is 1. The molecule has 2 aromatic rings. The molecule has 0 saturated carbocycles. The van der Waals surface area contributed by atoms with Crippen LogP contribution in [0, 0.1) is 12.7 Å². The highest BCUT2D eigenvalue weighted by molar-refractivity contribution is 9.18. The molecule has 18 heavy (non-hydrogen) atoms. The molecule has 0 N–H and O–H groups in total. The van der Waals surface area contributed by atoms with Gasteiger partial charge < -0.3 is 0 Å². The number of aliphatic imine (C=N–C) groups is 1. The Morgan fingerprint density at radius 3 is 2.61 bits per heavy atom. The first-order chi connectivity index (χ1) is 8.65. The van der Waals surface area contributed by atoms with Gasteiger partial charge in [0, 0.05) is 29.1 Å². The smallest absolute Gasteiger partial charge is 0.129 e. The molecule has 0 radical (unpaired) electrons. The van der Waals surface area contributed by atoms with Crippen LogP contribution in [0.25, 0.3) is 11.1 Å². The van der Waals surface area contributed by atoms with E-state index in [0.29, 0.717) is 22.6 Å². The Kier molecular flexibility index (Phi) is 2.70. The second kappa shape index (κ2) is 4.24. The molecule has 0 fully saturated rings. The molecule has 3 nitrogen and oxygen atoms in total. The van der Waals surface area contributed by atoms with Crippen LogP contribution in [-0.4, -0.2) is 14.6 Å². The molecular formula is C13H9BrFN3. The highest BCUT2D eigenvalue weighted by atomic mass is 79.9. The fraction of sp³-hybridized carbons (Fsp3) is 0.154. The summed E-state index contributed by atoms with van der Waals surface area (Å²) in [6, 6.07) is 3.42. The lowest BCUT2D eigenvalue weighted by Crippen LogP contribution is -1.96. The fourth-order valence-electron chi connectivity index (χ4n) is 1.92. The van der Waals surface area contributed by atoms with Gasteiger partial charge in [0.25, 0.3) is 0 Å². The Bertz CT molecular complexity index is 650. The lowest BCUT2D eigenvalue weighted by Gasteiger charge is -2.06. The van der Waals surface area contributed by atoms with Crippen molar-refractivity contribution in [2.75, 3.05) is 0 Å². The normalized spacial score (nSPS) is 13.4. The van der Waals surface area contributed by atoms with Crippen LogP contribution >= 0.6 is 15.9 Å². The molecule has 2 heterocycles. The number of benzene rings is 1. The number of fused-ring (bicyclic) bond motifs is 1. The van der Waals surface area contributed by atoms with Gasteiger partial charge in [-0.15, -0.1) is 0 Å². The second-order valence-corrected chi connectivity index (χ2v) is 4.86. The molecule has 0 saturated heterocycles. The van der Waals surface area contributed by atoms with E-state index in [4.69, 9.17) is 0 Å². The molecular weight excluding hydrogens is 297 g/mol. The molecule has 1 aliphatic heterocycles. The van der Waals surface area contributed by atoms with E-state index in [9.17, 15) is 4.39 Å². The van der Waals surface area contributed by atoms with Gasteiger partial charge in [-0.25, -0.2) is 14.4 Å². The fourth-order valence-corrected chi connectivity index (χ4v) is 2.40. The van der Waals surface area contributed by atoms with Crippen molar-refractivity contribution in [2.24, 2.45) is 4.99 Å². The van der Waals surface area contributed by atoms with Crippen LogP contribution in [-0.2, 0) is 6.54 Å². The molecule has 0 bridgehead atoms. The quantitative estimate of drug-likeness (QED) is 0.811. The first-order valence-electron chi connectivity index (χ1n) is 5.47. The van der Waals surface area contributed by atoms with Crippen molar-refractivity contribution >= 4 is 20.6 Å². The lowest BCUT2D eigenvalue weighted by molar-refractivity contribution is 0.613. The summed E-state index contributed by atoms with van der Waals surface area (Å²) in [5.41, 5.74) is 3.01. The number of hydrogen-bond acceptors (Lipinski definition) is 3. The maximum absolute atomic E-state index is 14.0. The molecule has 0 aliphatic carbocycles. The number of nitrogens with zero attached hydrogens (tertiary/aromatic N) is 3. The van der Waals surface area contributed by atoms with Crippen LogP contribution in [0.1, 0.15) is 17.0 Å². The van der Waals surface area contributed by atoms with E-state index in [2.05, 4.69) is 30.9 Å². The van der Waals surface area contributed by atoms with Gasteiger partial charge in [-0.05, 0) is 40.5 Å². The summed E-state index contributed by atoms with van der Waals surface area (Å²) >= 11 is 3.34. The first kappa shape index (κ1) is 11.5. The highest BCUT2D eigenvalue weighted by Gasteiger charge is 2.19. The maximum atomic E-state index is 14.0. The van der Waals surface area contributed by atoms with Gasteiger partial charge >= 0.3 is 0 Å². The Balaban J connectivity index is 2.14. The number of aromatic nitrogens is 2. The predicted molar refractivity (Wildman–Crippen MR) is 71.3 cm³/mol. The van der Waals surface area contributed by atoms with E-state index in [1.54, 1.807) is 12.4 Å². The van der Waals surface area contributed by atoms with E-state index in [0.717, 1.165) is 16.7 Å². The number of hydrogen-bond donors (Lipinski definition) is 0. The molecule has 1 aromatic carbocycles. The van der Waals surface area contributed by atoms with E-state index in [1.807, 2.05) is 13.0 Å². The average Bonchev–Trinajstić information content (AvgIpc) is 2.73. The third-order valence-electron chi connectivity index (χ3n) is 2.91. The van der Waals surface area contributed by atoms with Gasteiger partial charge in [0.05, 0.1) is 6.54 Å². The molecule has 1 aromatic heterocycles. The number of aryl methyl sites for hydroxylation is 1. The van der Waals surface area contributed by atoms with Crippen molar-refractivity contribution < 1.29 is 4.39 Å². The predicted octanol–water partition coefficient (Wildman–Crippen LogP) is 3.25. The van der Waals surface area contributed by atoms with E-state index < -0.39 is 0 Å². The zero-order chi connectivity index (χ0) is 12.7. The highest BCUT2D eigenvalue weighted by Crippen LogP contribution is 2.30. The molecule has 5 heteroatoms. The van der Waals surface area contributed by atoms with Crippen LogP contribution in [0.15, 0.2) is 29.5 Å². The van der Waals surface area contributed by atoms with E-state index in [-0.39, 0.29) is 5.82 Å². The maximum Gasteiger partial charge on any atom is 0.129 e. The van der Waals surface area contributed by atoms with E-state index >= 15 is 0 Å². The second-order valence-electron chi connectivity index (χ2n) is 4.11. The molecule has 0 unspecified atom stereocenters. The Morgan fingerprint density at radius 1 is 1.17 bits per heavy atom. The number of halogens is 2. The van der Waals surface area contributed by atoms with Crippen molar-refractivity contribution in [2.45, 2.75) is 13.5 Å². The first-order valence-corrected chi connectivity index (χ1v) is 6.26. The molecule has 3 rings (SSSR count). The largest absolute Gasteiger partial charge is 0.272 e. The molecule has 0 atom stereocenters. The standard InChI is InChI=1S/C13H9BrFN3/c1-7-16-4-9(5-17-7)8-2-10-11(12(15)3-8)6-18-13(10)14/h2-5H,6H2,1H3. The van der Waals surface area contributed by atoms with Crippen LogP contribution < -0.4 is 0 Å². The Hall–Kier alpha value is -1.62. The van der Waals surface area contributed by atoms with Gasteiger partial charge in [0.1, 0.15) is 16.3 Å². The van der Waals surface area contributed by atoms with Crippen molar-refractivity contribution in [1.82, 2.24) is 9.97 Å². The van der Waals surface area contributed by atoms with Crippen LogP contribution in [0.4, 0.5) is 4.39 Å². The van der Waals surface area contributed by atoms with Gasteiger partial charge in [-0.1, -0.05) is 0 Å². The van der Waals surface area contributed by atoms with Gasteiger partial charge in [0.2, 0.25) is 0 Å². The zero-order valence-electron chi connectivity index (χ0n) is 9.61. The van der Waals surface area contributed by atoms with Gasteiger partial charge in [-0.2, -0.15) is 0 Å². The van der Waals surface area contributed by atoms with Crippen LogP contribution in [0.3, 0.4) is 0 Å². The Morgan fingerprint density at radius 2 is 1.89 bits per heavy atom. The summed E-state index contributed by atoms with van der Waals surface area (Å²) in [7, 11) is 0. The zero-order valence-corrected chi connectivity index (χ0v) is 11.2. The summed E-state index contributed by atoms with van der Waals surface area (Å²) in [5, 5.41) is 0. The van der Waals surface area contributed by atoms with Gasteiger partial charge in [0.15, 0.2) is 0 Å². The minimum absolute atomic E-state index is 0.235. The lowest BCUT2D eigenvalue weighted by atomic mass is 10.0. The summed E-state index contributed by atoms with van der Waals surface area (Å²) in [4.78, 5) is 12.4. The SMILES string of the molecule is Cc1ncc(-c2cc(F)c3c(c2)C(Br)=NC3)cn1. The van der Waals surface area contributed by atoms with Crippen LogP contribution in [0.5, 0.6) is 0 Å². The topological polar surface area (TPSA) is 38.1 Å². The summed E-state index contributed by atoms with van der Waals surface area (Å²) in [6.07, 6.45) is 3.40. The third kappa shape index (κ3) is 1.84. The Labute approximate surface area is 112 Å². The molecule has 90 valence electrons. The monoisotopic (exact) mass is 305 g/mol. The molecule has 1 aliphatic rings. The van der Waals surface area contributed by atoms with Crippen molar-refractivity contribution in [3.05, 3.63) is 47.3 Å². The third-order valence-corrected chi connectivity index (χ3v) is 3.59. The minimum Gasteiger partial charge on any atom is -0.272 e. The van der Waals surface area contributed by atoms with E-state index in [1.165, 1.54) is 6.07 Å². The molecule has 0 amide bonds. The van der Waals surface area contributed by atoms with Crippen molar-refractivity contribution in [3.63, 3.8) is 0 Å². The van der Waals surface area contributed by atoms with Crippen LogP contribution in [0.2, 0.25) is 0 Å². The summed E-state index contributed by atoms with van der Waals surface area (Å²) < 4.78 is 14.7. The summed E-state index contributed by atoms with van der Waals surface area (Å²) in [5.74, 6) is 0.462. The average molecular weight is 306 g/mol. The summed E-state index contributed by atoms with van der Waals surface area (Å²) in [6.45, 7) is 2.21. The molecule has 0 spiro atoms. The minimum atomic E-state index is -0.235. The van der Waals surface area contributed by atoms with Gasteiger partial charge in [-0.3, -0.25) is 4.99 Å². The van der Waals surface area contributed by atoms with Crippen molar-refractivity contribution in [1.29, 1.82) is 0 Å². The van der Waals surface area contributed by atoms with Crippen molar-refractivity contribution in [3.8, 4) is 11.1 Å².